The van der Waals surface area contributed by atoms with Crippen LogP contribution in [-0.2, 0) is 4.79 Å². The molecule has 3 rings (SSSR count). The molecule has 1 N–H and O–H groups in total. The van der Waals surface area contributed by atoms with Crippen molar-refractivity contribution in [3.63, 3.8) is 0 Å². The third-order valence-electron chi connectivity index (χ3n) is 5.13. The van der Waals surface area contributed by atoms with Gasteiger partial charge in [0.25, 0.3) is 5.91 Å². The fourth-order valence-corrected chi connectivity index (χ4v) is 3.64. The van der Waals surface area contributed by atoms with E-state index in [0.717, 1.165) is 22.6 Å². The van der Waals surface area contributed by atoms with Crippen LogP contribution in [0.25, 0.3) is 11.8 Å². The first-order valence-electron chi connectivity index (χ1n) is 9.68. The predicted octanol–water partition coefficient (Wildman–Crippen LogP) is 5.27. The topological polar surface area (TPSA) is 67.0 Å². The Kier molecular flexibility index (Phi) is 6.08. The fourth-order valence-electron chi connectivity index (χ4n) is 3.64. The van der Waals surface area contributed by atoms with Crippen LogP contribution in [0.1, 0.15) is 28.1 Å². The van der Waals surface area contributed by atoms with E-state index >= 15 is 0 Å². The Hall–Kier alpha value is -3.78. The molecular formula is C25H25N3O2. The van der Waals surface area contributed by atoms with Crippen LogP contribution in [0.2, 0.25) is 0 Å². The number of aromatic nitrogens is 1. The SMILES string of the molecule is COc1cccc(NC(=O)/C(C#N)=C/c2cc(C)n(-c3c(C)cccc3C)c2C)c1. The number of ether oxygens (including phenoxy) is 1. The summed E-state index contributed by atoms with van der Waals surface area (Å²) in [6.07, 6.45) is 1.64. The van der Waals surface area contributed by atoms with E-state index in [9.17, 15) is 10.1 Å². The Morgan fingerprint density at radius 1 is 1.07 bits per heavy atom. The van der Waals surface area contributed by atoms with Gasteiger partial charge in [-0.15, -0.1) is 0 Å². The monoisotopic (exact) mass is 399 g/mol. The number of benzene rings is 2. The summed E-state index contributed by atoms with van der Waals surface area (Å²) >= 11 is 0. The Balaban J connectivity index is 1.97. The highest BCUT2D eigenvalue weighted by atomic mass is 16.5. The second kappa shape index (κ2) is 8.71. The van der Waals surface area contributed by atoms with Crippen LogP contribution < -0.4 is 10.1 Å². The van der Waals surface area contributed by atoms with Crippen LogP contribution in [0.3, 0.4) is 0 Å². The Labute approximate surface area is 177 Å². The van der Waals surface area contributed by atoms with Crippen LogP contribution in [0.15, 0.2) is 54.1 Å². The van der Waals surface area contributed by atoms with Gasteiger partial charge in [0, 0.05) is 23.1 Å². The number of amides is 1. The van der Waals surface area contributed by atoms with Gasteiger partial charge in [-0.25, -0.2) is 0 Å². The van der Waals surface area contributed by atoms with Crippen molar-refractivity contribution in [2.45, 2.75) is 27.7 Å². The molecule has 0 saturated carbocycles. The number of nitrogens with zero attached hydrogens (tertiary/aromatic N) is 2. The molecule has 152 valence electrons. The fraction of sp³-hybridized carbons (Fsp3) is 0.200. The number of hydrogen-bond acceptors (Lipinski definition) is 3. The van der Waals surface area contributed by atoms with E-state index in [4.69, 9.17) is 4.74 Å². The number of methoxy groups -OCH3 is 1. The standard InChI is InChI=1S/C25H25N3O2/c1-16-8-6-9-17(2)24(16)28-18(3)12-20(19(28)4)13-21(15-26)25(29)27-22-10-7-11-23(14-22)30-5/h6-14H,1-5H3,(H,27,29)/b21-13+. The zero-order chi connectivity index (χ0) is 21.8. The Morgan fingerprint density at radius 3 is 2.37 bits per heavy atom. The number of nitriles is 1. The first-order valence-corrected chi connectivity index (χ1v) is 9.68. The molecule has 0 saturated heterocycles. The van der Waals surface area contributed by atoms with E-state index in [1.807, 2.05) is 32.0 Å². The highest BCUT2D eigenvalue weighted by molar-refractivity contribution is 6.09. The summed E-state index contributed by atoms with van der Waals surface area (Å²) in [5.74, 6) is 0.176. The number of carbonyl (C=O) groups excluding carboxylic acids is 1. The average Bonchev–Trinajstić information content (AvgIpc) is 2.99. The van der Waals surface area contributed by atoms with Crippen molar-refractivity contribution in [1.82, 2.24) is 4.57 Å². The first kappa shape index (κ1) is 20.9. The van der Waals surface area contributed by atoms with Crippen molar-refractivity contribution in [2.75, 3.05) is 12.4 Å². The maximum atomic E-state index is 12.7. The van der Waals surface area contributed by atoms with E-state index in [1.165, 1.54) is 11.1 Å². The lowest BCUT2D eigenvalue weighted by molar-refractivity contribution is -0.112. The highest BCUT2D eigenvalue weighted by Gasteiger charge is 2.16. The number of nitrogens with one attached hydrogen (secondary N) is 1. The van der Waals surface area contributed by atoms with Crippen molar-refractivity contribution >= 4 is 17.7 Å². The normalized spacial score (nSPS) is 11.1. The molecule has 0 bridgehead atoms. The first-order chi connectivity index (χ1) is 14.3. The van der Waals surface area contributed by atoms with Crippen molar-refractivity contribution in [3.05, 3.63) is 82.2 Å². The lowest BCUT2D eigenvalue weighted by Crippen LogP contribution is -2.13. The van der Waals surface area contributed by atoms with Crippen LogP contribution in [0.5, 0.6) is 5.75 Å². The predicted molar refractivity (Wildman–Crippen MR) is 120 cm³/mol. The molecule has 0 fully saturated rings. The number of rotatable bonds is 5. The minimum absolute atomic E-state index is 0.0413. The number of para-hydroxylation sites is 1. The van der Waals surface area contributed by atoms with Gasteiger partial charge < -0.3 is 14.6 Å². The number of anilines is 1. The zero-order valence-corrected chi connectivity index (χ0v) is 17.9. The second-order valence-corrected chi connectivity index (χ2v) is 7.26. The summed E-state index contributed by atoms with van der Waals surface area (Å²) in [5.41, 5.74) is 6.95. The number of aryl methyl sites for hydroxylation is 3. The van der Waals surface area contributed by atoms with Gasteiger partial charge in [-0.2, -0.15) is 5.26 Å². The largest absolute Gasteiger partial charge is 0.497 e. The molecule has 0 aliphatic carbocycles. The summed E-state index contributed by atoms with van der Waals surface area (Å²) in [7, 11) is 1.56. The molecule has 30 heavy (non-hydrogen) atoms. The van der Waals surface area contributed by atoms with E-state index < -0.39 is 5.91 Å². The van der Waals surface area contributed by atoms with E-state index in [1.54, 1.807) is 37.5 Å². The van der Waals surface area contributed by atoms with E-state index in [0.29, 0.717) is 11.4 Å². The molecule has 1 heterocycles. The zero-order valence-electron chi connectivity index (χ0n) is 17.9. The van der Waals surface area contributed by atoms with Gasteiger partial charge in [-0.05, 0) is 68.7 Å². The summed E-state index contributed by atoms with van der Waals surface area (Å²) in [4.78, 5) is 12.7. The molecule has 0 spiro atoms. The van der Waals surface area contributed by atoms with E-state index in [2.05, 4.69) is 35.9 Å². The molecule has 3 aromatic rings. The Morgan fingerprint density at radius 2 is 1.73 bits per heavy atom. The summed E-state index contributed by atoms with van der Waals surface area (Å²) in [5, 5.41) is 12.4. The molecule has 0 unspecified atom stereocenters. The molecule has 2 aromatic carbocycles. The van der Waals surface area contributed by atoms with Gasteiger partial charge in [-0.1, -0.05) is 24.3 Å². The van der Waals surface area contributed by atoms with Gasteiger partial charge in [0.05, 0.1) is 12.8 Å². The van der Waals surface area contributed by atoms with Gasteiger partial charge in [-0.3, -0.25) is 4.79 Å². The smallest absolute Gasteiger partial charge is 0.266 e. The lowest BCUT2D eigenvalue weighted by Gasteiger charge is -2.15. The second-order valence-electron chi connectivity index (χ2n) is 7.26. The maximum absolute atomic E-state index is 12.7. The number of carbonyl (C=O) groups is 1. The third-order valence-corrected chi connectivity index (χ3v) is 5.13. The van der Waals surface area contributed by atoms with Crippen LogP contribution in [-0.4, -0.2) is 17.6 Å². The van der Waals surface area contributed by atoms with Crippen molar-refractivity contribution < 1.29 is 9.53 Å². The van der Waals surface area contributed by atoms with Gasteiger partial charge in [0.15, 0.2) is 0 Å². The third kappa shape index (κ3) is 4.13. The highest BCUT2D eigenvalue weighted by Crippen LogP contribution is 2.27. The molecular weight excluding hydrogens is 374 g/mol. The molecule has 1 aromatic heterocycles. The minimum Gasteiger partial charge on any atom is -0.497 e. The molecule has 0 aliphatic rings. The summed E-state index contributed by atoms with van der Waals surface area (Å²) < 4.78 is 7.35. The number of hydrogen-bond donors (Lipinski definition) is 1. The molecule has 5 nitrogen and oxygen atoms in total. The van der Waals surface area contributed by atoms with Crippen LogP contribution in [0.4, 0.5) is 5.69 Å². The summed E-state index contributed by atoms with van der Waals surface area (Å²) in [6.45, 7) is 8.19. The average molecular weight is 399 g/mol. The molecule has 0 radical (unpaired) electrons. The molecule has 0 aliphatic heterocycles. The lowest BCUT2D eigenvalue weighted by atomic mass is 10.1. The van der Waals surface area contributed by atoms with Gasteiger partial charge >= 0.3 is 0 Å². The molecule has 0 atom stereocenters. The van der Waals surface area contributed by atoms with Crippen molar-refractivity contribution in [2.24, 2.45) is 0 Å². The molecule has 1 amide bonds. The van der Waals surface area contributed by atoms with Crippen LogP contribution >= 0.6 is 0 Å². The quantitative estimate of drug-likeness (QED) is 0.470. The van der Waals surface area contributed by atoms with E-state index in [-0.39, 0.29) is 5.57 Å². The maximum Gasteiger partial charge on any atom is 0.266 e. The van der Waals surface area contributed by atoms with Crippen LogP contribution in [0, 0.1) is 39.0 Å². The summed E-state index contributed by atoms with van der Waals surface area (Å²) in [6, 6.07) is 17.3. The Bertz CT molecular complexity index is 1160. The molecule has 5 heteroatoms. The van der Waals surface area contributed by atoms with Gasteiger partial charge in [0.2, 0.25) is 0 Å². The van der Waals surface area contributed by atoms with Crippen molar-refractivity contribution in [1.29, 1.82) is 5.26 Å². The minimum atomic E-state index is -0.456. The van der Waals surface area contributed by atoms with Crippen molar-refractivity contribution in [3.8, 4) is 17.5 Å². The van der Waals surface area contributed by atoms with Gasteiger partial charge in [0.1, 0.15) is 17.4 Å².